The molecule has 2 nitrogen and oxygen atoms in total. The lowest BCUT2D eigenvalue weighted by Crippen LogP contribution is -2.26. The van der Waals surface area contributed by atoms with E-state index in [4.69, 9.17) is 16.3 Å². The van der Waals surface area contributed by atoms with E-state index in [1.54, 1.807) is 24.3 Å². The highest BCUT2D eigenvalue weighted by Gasteiger charge is 2.23. The van der Waals surface area contributed by atoms with Crippen molar-refractivity contribution in [3.8, 4) is 5.75 Å². The van der Waals surface area contributed by atoms with E-state index in [-0.39, 0.29) is 5.97 Å². The predicted octanol–water partition coefficient (Wildman–Crippen LogP) is 5.32. The van der Waals surface area contributed by atoms with Crippen LogP contribution in [0.5, 0.6) is 5.75 Å². The van der Waals surface area contributed by atoms with Crippen molar-refractivity contribution < 1.29 is 9.53 Å². The zero-order chi connectivity index (χ0) is 20.1. The van der Waals surface area contributed by atoms with Gasteiger partial charge in [-0.05, 0) is 54.2 Å². The number of hydrogen-bond acceptors (Lipinski definition) is 2. The second-order valence-electron chi connectivity index (χ2n) is 6.37. The summed E-state index contributed by atoms with van der Waals surface area (Å²) in [6.07, 6.45) is 0. The molecule has 0 amide bonds. The molecule has 0 atom stereocenters. The Hall–Kier alpha value is -2.93. The first-order valence-electron chi connectivity index (χ1n) is 9.19. The molecule has 0 heterocycles. The van der Waals surface area contributed by atoms with E-state index >= 15 is 0 Å². The first-order chi connectivity index (χ1) is 14.2. The molecule has 142 valence electrons. The summed E-state index contributed by atoms with van der Waals surface area (Å²) in [7, 11) is -0.901. The van der Waals surface area contributed by atoms with Gasteiger partial charge in [0.1, 0.15) is 5.75 Å². The molecular formula is C25H18ClO2P. The third-order valence-corrected chi connectivity index (χ3v) is 7.17. The number of halogens is 1. The highest BCUT2D eigenvalue weighted by atomic mass is 35.5. The summed E-state index contributed by atoms with van der Waals surface area (Å²) in [5.41, 5.74) is 0.571. The number of rotatable bonds is 5. The molecule has 0 saturated heterocycles. The van der Waals surface area contributed by atoms with Crippen molar-refractivity contribution in [3.05, 3.63) is 120 Å². The normalized spacial score (nSPS) is 10.7. The van der Waals surface area contributed by atoms with E-state index in [1.807, 2.05) is 60.7 Å². The van der Waals surface area contributed by atoms with Gasteiger partial charge in [-0.2, -0.15) is 0 Å². The number of esters is 1. The Labute approximate surface area is 176 Å². The van der Waals surface area contributed by atoms with Gasteiger partial charge >= 0.3 is 5.97 Å². The summed E-state index contributed by atoms with van der Waals surface area (Å²) < 4.78 is 5.63. The lowest BCUT2D eigenvalue weighted by atomic mass is 10.2. The van der Waals surface area contributed by atoms with Crippen LogP contribution < -0.4 is 20.7 Å². The fourth-order valence-corrected chi connectivity index (χ4v) is 5.65. The van der Waals surface area contributed by atoms with E-state index in [1.165, 1.54) is 10.6 Å². The van der Waals surface area contributed by atoms with Crippen molar-refractivity contribution in [2.75, 3.05) is 0 Å². The molecule has 0 N–H and O–H groups in total. The Balaban J connectivity index is 1.76. The lowest BCUT2D eigenvalue weighted by Gasteiger charge is -2.21. The molecule has 4 aromatic rings. The SMILES string of the molecule is O=C(Oc1ccc(Cl)cc1)c1ccccc1P(c1ccccc1)c1ccccc1. The van der Waals surface area contributed by atoms with E-state index in [9.17, 15) is 4.79 Å². The molecule has 0 bridgehead atoms. The molecule has 0 aromatic heterocycles. The summed E-state index contributed by atoms with van der Waals surface area (Å²) in [5, 5.41) is 3.93. The van der Waals surface area contributed by atoms with Gasteiger partial charge in [-0.15, -0.1) is 0 Å². The van der Waals surface area contributed by atoms with Crippen molar-refractivity contribution in [1.29, 1.82) is 0 Å². The van der Waals surface area contributed by atoms with Crippen molar-refractivity contribution in [3.63, 3.8) is 0 Å². The van der Waals surface area contributed by atoms with E-state index < -0.39 is 7.92 Å². The molecular weight excluding hydrogens is 399 g/mol. The topological polar surface area (TPSA) is 26.3 Å². The zero-order valence-electron chi connectivity index (χ0n) is 15.5. The molecule has 29 heavy (non-hydrogen) atoms. The van der Waals surface area contributed by atoms with Gasteiger partial charge in [-0.1, -0.05) is 90.5 Å². The van der Waals surface area contributed by atoms with Crippen LogP contribution in [0.3, 0.4) is 0 Å². The third-order valence-electron chi connectivity index (χ3n) is 4.42. The van der Waals surface area contributed by atoms with Crippen molar-refractivity contribution in [2.24, 2.45) is 0 Å². The van der Waals surface area contributed by atoms with Gasteiger partial charge in [0, 0.05) is 5.02 Å². The third kappa shape index (κ3) is 4.56. The van der Waals surface area contributed by atoms with Gasteiger partial charge in [0.15, 0.2) is 0 Å². The van der Waals surface area contributed by atoms with Gasteiger partial charge in [0.25, 0.3) is 0 Å². The van der Waals surface area contributed by atoms with E-state index in [0.717, 1.165) is 5.30 Å². The minimum atomic E-state index is -0.901. The average molecular weight is 417 g/mol. The summed E-state index contributed by atoms with van der Waals surface area (Å²) in [5.74, 6) is 0.0974. The first-order valence-corrected chi connectivity index (χ1v) is 10.9. The van der Waals surface area contributed by atoms with Gasteiger partial charge in [-0.25, -0.2) is 4.79 Å². The largest absolute Gasteiger partial charge is 0.423 e. The minimum Gasteiger partial charge on any atom is -0.423 e. The Kier molecular flexibility index (Phi) is 6.05. The van der Waals surface area contributed by atoms with Crippen LogP contribution in [0.15, 0.2) is 109 Å². The maximum atomic E-state index is 13.0. The van der Waals surface area contributed by atoms with Crippen LogP contribution in [0.4, 0.5) is 0 Å². The molecule has 0 unspecified atom stereocenters. The number of hydrogen-bond donors (Lipinski definition) is 0. The van der Waals surface area contributed by atoms with Crippen LogP contribution in [-0.4, -0.2) is 5.97 Å². The zero-order valence-corrected chi connectivity index (χ0v) is 17.2. The number of carbonyl (C=O) groups is 1. The Morgan fingerprint density at radius 3 is 1.76 bits per heavy atom. The molecule has 0 saturated carbocycles. The monoisotopic (exact) mass is 416 g/mol. The molecule has 0 aliphatic carbocycles. The first kappa shape index (κ1) is 19.4. The van der Waals surface area contributed by atoms with Crippen LogP contribution in [0.2, 0.25) is 5.02 Å². The predicted molar refractivity (Wildman–Crippen MR) is 122 cm³/mol. The number of carbonyl (C=O) groups excluding carboxylic acids is 1. The molecule has 0 radical (unpaired) electrons. The van der Waals surface area contributed by atoms with Crippen molar-refractivity contribution >= 4 is 41.4 Å². The summed E-state index contributed by atoms with van der Waals surface area (Å²) >= 11 is 5.93. The number of benzene rings is 4. The molecule has 4 aromatic carbocycles. The van der Waals surface area contributed by atoms with Crippen LogP contribution in [0.1, 0.15) is 10.4 Å². The van der Waals surface area contributed by atoms with Crippen LogP contribution in [-0.2, 0) is 0 Å². The fourth-order valence-electron chi connectivity index (χ4n) is 3.09. The molecule has 0 aliphatic rings. The minimum absolute atomic E-state index is 0.373. The Morgan fingerprint density at radius 2 is 1.17 bits per heavy atom. The number of ether oxygens (including phenoxy) is 1. The Morgan fingerprint density at radius 1 is 0.655 bits per heavy atom. The molecule has 0 spiro atoms. The van der Waals surface area contributed by atoms with Crippen molar-refractivity contribution in [1.82, 2.24) is 0 Å². The van der Waals surface area contributed by atoms with E-state index in [0.29, 0.717) is 16.3 Å². The highest BCUT2D eigenvalue weighted by Crippen LogP contribution is 2.34. The molecule has 4 heteroatoms. The van der Waals surface area contributed by atoms with Gasteiger partial charge in [0.2, 0.25) is 0 Å². The molecule has 4 rings (SSSR count). The van der Waals surface area contributed by atoms with Crippen LogP contribution in [0.25, 0.3) is 0 Å². The summed E-state index contributed by atoms with van der Waals surface area (Å²) in [4.78, 5) is 13.0. The summed E-state index contributed by atoms with van der Waals surface area (Å²) in [6, 6.07) is 35.1. The van der Waals surface area contributed by atoms with Gasteiger partial charge in [-0.3, -0.25) is 0 Å². The van der Waals surface area contributed by atoms with Crippen LogP contribution in [0, 0.1) is 0 Å². The second kappa shape index (κ2) is 9.05. The highest BCUT2D eigenvalue weighted by molar-refractivity contribution is 7.80. The van der Waals surface area contributed by atoms with Gasteiger partial charge in [0.05, 0.1) is 5.56 Å². The summed E-state index contributed by atoms with van der Waals surface area (Å²) in [6.45, 7) is 0. The van der Waals surface area contributed by atoms with Crippen LogP contribution >= 0.6 is 19.5 Å². The van der Waals surface area contributed by atoms with E-state index in [2.05, 4.69) is 24.3 Å². The lowest BCUT2D eigenvalue weighted by molar-refractivity contribution is 0.0736. The van der Waals surface area contributed by atoms with Gasteiger partial charge < -0.3 is 4.74 Å². The quantitative estimate of drug-likeness (QED) is 0.250. The average Bonchev–Trinajstić information content (AvgIpc) is 2.77. The molecule has 0 aliphatic heterocycles. The Bertz CT molecular complexity index is 1060. The van der Waals surface area contributed by atoms with Crippen molar-refractivity contribution in [2.45, 2.75) is 0 Å². The smallest absolute Gasteiger partial charge is 0.344 e. The second-order valence-corrected chi connectivity index (χ2v) is 8.99. The fraction of sp³-hybridized carbons (Fsp3) is 0. The maximum absolute atomic E-state index is 13.0. The maximum Gasteiger partial charge on any atom is 0.344 e. The standard InChI is InChI=1S/C25H18ClO2P/c26-19-15-17-20(18-16-19)28-25(27)23-13-7-8-14-24(23)29(21-9-3-1-4-10-21)22-11-5-2-6-12-22/h1-18H. The molecule has 0 fully saturated rings.